The smallest absolute Gasteiger partial charge is 0.355 e. The van der Waals surface area contributed by atoms with E-state index in [-0.39, 0.29) is 0 Å². The number of carbonyl (C=O) groups is 1. The van der Waals surface area contributed by atoms with Crippen molar-refractivity contribution < 1.29 is 18.7 Å². The standard InChI is InChI=1S/C18H17NO4/c1-3-22-18(20)17-13(12-7-4-5-8-15(12)21-2)11-14(19-17)16-9-6-10-23-16/h4-11,19H,3H2,1-2H3. The number of aromatic amines is 1. The number of hydrogen-bond acceptors (Lipinski definition) is 4. The van der Waals surface area contributed by atoms with Crippen LogP contribution < -0.4 is 4.74 Å². The highest BCUT2D eigenvalue weighted by molar-refractivity contribution is 5.98. The number of furan rings is 1. The van der Waals surface area contributed by atoms with Crippen LogP contribution in [0.4, 0.5) is 0 Å². The van der Waals surface area contributed by atoms with E-state index >= 15 is 0 Å². The Morgan fingerprint density at radius 1 is 1.17 bits per heavy atom. The first-order valence-electron chi connectivity index (χ1n) is 7.32. The van der Waals surface area contributed by atoms with Gasteiger partial charge >= 0.3 is 5.97 Å². The third kappa shape index (κ3) is 2.85. The minimum absolute atomic E-state index is 0.305. The highest BCUT2D eigenvalue weighted by Gasteiger charge is 2.21. The summed E-state index contributed by atoms with van der Waals surface area (Å²) in [6.07, 6.45) is 1.59. The fourth-order valence-corrected chi connectivity index (χ4v) is 2.46. The number of benzene rings is 1. The average Bonchev–Trinajstić information content (AvgIpc) is 3.24. The van der Waals surface area contributed by atoms with E-state index in [2.05, 4.69) is 4.98 Å². The van der Waals surface area contributed by atoms with Gasteiger partial charge in [-0.3, -0.25) is 0 Å². The molecule has 0 amide bonds. The summed E-state index contributed by atoms with van der Waals surface area (Å²) in [7, 11) is 1.60. The van der Waals surface area contributed by atoms with Gasteiger partial charge < -0.3 is 18.9 Å². The maximum absolute atomic E-state index is 12.3. The van der Waals surface area contributed by atoms with Gasteiger partial charge in [0.15, 0.2) is 0 Å². The summed E-state index contributed by atoms with van der Waals surface area (Å²) >= 11 is 0. The monoisotopic (exact) mass is 311 g/mol. The summed E-state index contributed by atoms with van der Waals surface area (Å²) in [5.41, 5.74) is 2.61. The van der Waals surface area contributed by atoms with E-state index in [9.17, 15) is 4.79 Å². The number of aromatic nitrogens is 1. The molecule has 0 saturated heterocycles. The minimum atomic E-state index is -0.411. The molecule has 3 aromatic rings. The van der Waals surface area contributed by atoms with Crippen LogP contribution in [0.3, 0.4) is 0 Å². The molecule has 0 aliphatic rings. The van der Waals surface area contributed by atoms with Crippen LogP contribution in [0.25, 0.3) is 22.6 Å². The second-order valence-corrected chi connectivity index (χ2v) is 4.87. The van der Waals surface area contributed by atoms with E-state index < -0.39 is 5.97 Å². The largest absolute Gasteiger partial charge is 0.496 e. The zero-order chi connectivity index (χ0) is 16.2. The van der Waals surface area contributed by atoms with Gasteiger partial charge in [0.05, 0.1) is 25.7 Å². The first kappa shape index (κ1) is 15.0. The lowest BCUT2D eigenvalue weighted by Crippen LogP contribution is -2.06. The Bertz CT molecular complexity index is 802. The van der Waals surface area contributed by atoms with Crippen molar-refractivity contribution in [2.45, 2.75) is 6.92 Å². The fraction of sp³-hybridized carbons (Fsp3) is 0.167. The lowest BCUT2D eigenvalue weighted by Gasteiger charge is -2.08. The molecule has 0 fully saturated rings. The molecule has 5 heteroatoms. The normalized spacial score (nSPS) is 10.5. The Balaban J connectivity index is 2.15. The molecule has 5 nitrogen and oxygen atoms in total. The molecule has 1 aromatic carbocycles. The Hall–Kier alpha value is -2.95. The molecule has 3 rings (SSSR count). The Morgan fingerprint density at radius 3 is 2.70 bits per heavy atom. The molecule has 0 bridgehead atoms. The third-order valence-electron chi connectivity index (χ3n) is 3.48. The predicted octanol–water partition coefficient (Wildman–Crippen LogP) is 4.13. The zero-order valence-electron chi connectivity index (χ0n) is 13.0. The van der Waals surface area contributed by atoms with Crippen LogP contribution >= 0.6 is 0 Å². The van der Waals surface area contributed by atoms with Crippen molar-refractivity contribution in [1.29, 1.82) is 0 Å². The van der Waals surface area contributed by atoms with Crippen molar-refractivity contribution in [3.05, 3.63) is 54.4 Å². The summed E-state index contributed by atoms with van der Waals surface area (Å²) in [5.74, 6) is 0.922. The van der Waals surface area contributed by atoms with Gasteiger partial charge in [0.25, 0.3) is 0 Å². The number of carbonyl (C=O) groups excluding carboxylic acids is 1. The number of methoxy groups -OCH3 is 1. The van der Waals surface area contributed by atoms with Crippen molar-refractivity contribution in [3.63, 3.8) is 0 Å². The number of ether oxygens (including phenoxy) is 2. The molecule has 0 saturated carbocycles. The van der Waals surface area contributed by atoms with Crippen LogP contribution in [0.1, 0.15) is 17.4 Å². The molecule has 0 spiro atoms. The molecule has 0 aliphatic heterocycles. The second-order valence-electron chi connectivity index (χ2n) is 4.87. The van der Waals surface area contributed by atoms with E-state index in [1.54, 1.807) is 26.4 Å². The number of rotatable bonds is 5. The summed E-state index contributed by atoms with van der Waals surface area (Å²) in [6.45, 7) is 2.08. The second kappa shape index (κ2) is 6.44. The van der Waals surface area contributed by atoms with Crippen LogP contribution in [0.15, 0.2) is 53.1 Å². The van der Waals surface area contributed by atoms with E-state index in [4.69, 9.17) is 13.9 Å². The first-order chi connectivity index (χ1) is 11.2. The number of H-pyrrole nitrogens is 1. The summed E-state index contributed by atoms with van der Waals surface area (Å²) in [6, 6.07) is 13.0. The number of esters is 1. The third-order valence-corrected chi connectivity index (χ3v) is 3.48. The molecule has 2 heterocycles. The van der Waals surface area contributed by atoms with Crippen molar-refractivity contribution in [1.82, 2.24) is 4.98 Å². The molecule has 0 atom stereocenters. The first-order valence-corrected chi connectivity index (χ1v) is 7.32. The Labute approximate surface area is 133 Å². The summed E-state index contributed by atoms with van der Waals surface area (Å²) in [4.78, 5) is 15.4. The fourth-order valence-electron chi connectivity index (χ4n) is 2.46. The average molecular weight is 311 g/mol. The number of hydrogen-bond donors (Lipinski definition) is 1. The lowest BCUT2D eigenvalue weighted by atomic mass is 10.0. The lowest BCUT2D eigenvalue weighted by molar-refractivity contribution is 0.0521. The topological polar surface area (TPSA) is 64.5 Å². The maximum atomic E-state index is 12.3. The number of para-hydroxylation sites is 1. The van der Waals surface area contributed by atoms with Gasteiger partial charge in [-0.25, -0.2) is 4.79 Å². The Kier molecular flexibility index (Phi) is 4.19. The van der Waals surface area contributed by atoms with Gasteiger partial charge in [0.2, 0.25) is 0 Å². The minimum Gasteiger partial charge on any atom is -0.496 e. The van der Waals surface area contributed by atoms with Gasteiger partial charge in [-0.15, -0.1) is 0 Å². The van der Waals surface area contributed by atoms with Crippen molar-refractivity contribution in [3.8, 4) is 28.3 Å². The zero-order valence-corrected chi connectivity index (χ0v) is 13.0. The highest BCUT2D eigenvalue weighted by Crippen LogP contribution is 2.35. The molecule has 23 heavy (non-hydrogen) atoms. The van der Waals surface area contributed by atoms with Crippen LogP contribution in [0, 0.1) is 0 Å². The van der Waals surface area contributed by atoms with Gasteiger partial charge in [-0.2, -0.15) is 0 Å². The van der Waals surface area contributed by atoms with Gasteiger partial charge in [-0.1, -0.05) is 18.2 Å². The van der Waals surface area contributed by atoms with Gasteiger partial charge in [0, 0.05) is 11.1 Å². The molecule has 1 N–H and O–H groups in total. The van der Waals surface area contributed by atoms with Crippen LogP contribution in [0.5, 0.6) is 5.75 Å². The van der Waals surface area contributed by atoms with E-state index in [1.165, 1.54) is 0 Å². The highest BCUT2D eigenvalue weighted by atomic mass is 16.5. The van der Waals surface area contributed by atoms with E-state index in [0.29, 0.717) is 35.1 Å². The predicted molar refractivity (Wildman–Crippen MR) is 86.4 cm³/mol. The quantitative estimate of drug-likeness (QED) is 0.720. The Morgan fingerprint density at radius 2 is 2.00 bits per heavy atom. The molecule has 0 unspecified atom stereocenters. The van der Waals surface area contributed by atoms with E-state index in [0.717, 1.165) is 5.56 Å². The van der Waals surface area contributed by atoms with Crippen LogP contribution in [-0.4, -0.2) is 24.7 Å². The van der Waals surface area contributed by atoms with Crippen molar-refractivity contribution in [2.24, 2.45) is 0 Å². The molecule has 0 radical (unpaired) electrons. The molecular weight excluding hydrogens is 294 g/mol. The van der Waals surface area contributed by atoms with Gasteiger partial charge in [-0.05, 0) is 31.2 Å². The molecule has 0 aliphatic carbocycles. The molecule has 118 valence electrons. The van der Waals surface area contributed by atoms with Crippen molar-refractivity contribution >= 4 is 5.97 Å². The summed E-state index contributed by atoms with van der Waals surface area (Å²) < 4.78 is 16.0. The van der Waals surface area contributed by atoms with E-state index in [1.807, 2.05) is 36.4 Å². The maximum Gasteiger partial charge on any atom is 0.355 e. The SMILES string of the molecule is CCOC(=O)c1[nH]c(-c2ccco2)cc1-c1ccccc1OC. The molecular formula is C18H17NO4. The number of nitrogens with one attached hydrogen (secondary N) is 1. The summed E-state index contributed by atoms with van der Waals surface area (Å²) in [5, 5.41) is 0. The van der Waals surface area contributed by atoms with Crippen LogP contribution in [-0.2, 0) is 4.74 Å². The van der Waals surface area contributed by atoms with Crippen molar-refractivity contribution in [2.75, 3.05) is 13.7 Å². The van der Waals surface area contributed by atoms with Crippen LogP contribution in [0.2, 0.25) is 0 Å². The molecule has 2 aromatic heterocycles. The van der Waals surface area contributed by atoms with Gasteiger partial charge in [0.1, 0.15) is 17.2 Å².